The van der Waals surface area contributed by atoms with Crippen LogP contribution in [0.2, 0.25) is 5.02 Å². The first-order chi connectivity index (χ1) is 7.15. The summed E-state index contributed by atoms with van der Waals surface area (Å²) >= 11 is 5.66. The Hall–Kier alpha value is -1.13. The van der Waals surface area contributed by atoms with Crippen molar-refractivity contribution in [2.45, 2.75) is 0 Å². The van der Waals surface area contributed by atoms with Gasteiger partial charge < -0.3 is 10.6 Å². The first kappa shape index (κ1) is 10.4. The number of halogens is 2. The summed E-state index contributed by atoms with van der Waals surface area (Å²) in [7, 11) is 0. The Balaban J connectivity index is 2.06. The molecule has 0 atom stereocenters. The Morgan fingerprint density at radius 2 is 2.20 bits per heavy atom. The lowest BCUT2D eigenvalue weighted by Crippen LogP contribution is -2.48. The number of benzene rings is 1. The molecular weight excluding hydrogens is 219 g/mol. The molecule has 1 aliphatic rings. The summed E-state index contributed by atoms with van der Waals surface area (Å²) in [5.41, 5.74) is 0.400. The van der Waals surface area contributed by atoms with Gasteiger partial charge in [0.05, 0.1) is 5.92 Å². The molecule has 2 N–H and O–H groups in total. The van der Waals surface area contributed by atoms with Crippen molar-refractivity contribution < 1.29 is 9.18 Å². The van der Waals surface area contributed by atoms with Gasteiger partial charge in [0.25, 0.3) is 0 Å². The van der Waals surface area contributed by atoms with E-state index < -0.39 is 5.82 Å². The molecule has 5 heteroatoms. The zero-order chi connectivity index (χ0) is 10.8. The smallest absolute Gasteiger partial charge is 0.230 e. The maximum atomic E-state index is 12.9. The van der Waals surface area contributed by atoms with E-state index in [0.29, 0.717) is 18.8 Å². The standard InChI is InChI=1S/C10H10ClFN2O/c11-7-1-8(12)3-9(2-7)14-10(15)6-4-13-5-6/h1-3,6,13H,4-5H2,(H,14,15). The number of amides is 1. The number of carbonyl (C=O) groups is 1. The summed E-state index contributed by atoms with van der Waals surface area (Å²) < 4.78 is 12.9. The van der Waals surface area contributed by atoms with E-state index >= 15 is 0 Å². The van der Waals surface area contributed by atoms with E-state index in [2.05, 4.69) is 10.6 Å². The third-order valence-electron chi connectivity index (χ3n) is 2.28. The Morgan fingerprint density at radius 3 is 2.73 bits per heavy atom. The monoisotopic (exact) mass is 228 g/mol. The molecule has 0 bridgehead atoms. The molecule has 1 aliphatic heterocycles. The SMILES string of the molecule is O=C(Nc1cc(F)cc(Cl)c1)C1CNC1. The molecule has 1 amide bonds. The average Bonchev–Trinajstić information content (AvgIpc) is 1.96. The van der Waals surface area contributed by atoms with Crippen molar-refractivity contribution in [3.63, 3.8) is 0 Å². The van der Waals surface area contributed by atoms with E-state index in [1.165, 1.54) is 18.2 Å². The molecule has 1 aromatic rings. The highest BCUT2D eigenvalue weighted by molar-refractivity contribution is 6.30. The molecule has 0 saturated carbocycles. The summed E-state index contributed by atoms with van der Waals surface area (Å²) in [6, 6.07) is 3.96. The Kier molecular flexibility index (Phi) is 2.88. The Labute approximate surface area is 91.6 Å². The highest BCUT2D eigenvalue weighted by Gasteiger charge is 2.24. The molecule has 1 saturated heterocycles. The van der Waals surface area contributed by atoms with E-state index in [0.717, 1.165) is 0 Å². The zero-order valence-corrected chi connectivity index (χ0v) is 8.64. The van der Waals surface area contributed by atoms with Crippen LogP contribution in [0.5, 0.6) is 0 Å². The predicted molar refractivity (Wildman–Crippen MR) is 56.4 cm³/mol. The van der Waals surface area contributed by atoms with Crippen molar-refractivity contribution in [3.8, 4) is 0 Å². The van der Waals surface area contributed by atoms with Gasteiger partial charge in [-0.1, -0.05) is 11.6 Å². The van der Waals surface area contributed by atoms with Crippen LogP contribution in [0, 0.1) is 11.7 Å². The highest BCUT2D eigenvalue weighted by atomic mass is 35.5. The zero-order valence-electron chi connectivity index (χ0n) is 7.89. The molecule has 15 heavy (non-hydrogen) atoms. The lowest BCUT2D eigenvalue weighted by Gasteiger charge is -2.25. The third kappa shape index (κ3) is 2.46. The summed E-state index contributed by atoms with van der Waals surface area (Å²) in [5, 5.41) is 5.89. The van der Waals surface area contributed by atoms with Crippen LogP contribution in [0.4, 0.5) is 10.1 Å². The second-order valence-electron chi connectivity index (χ2n) is 3.50. The summed E-state index contributed by atoms with van der Waals surface area (Å²) in [6.45, 7) is 1.35. The van der Waals surface area contributed by atoms with Crippen LogP contribution in [0.3, 0.4) is 0 Å². The molecule has 0 spiro atoms. The minimum atomic E-state index is -0.454. The fourth-order valence-electron chi connectivity index (χ4n) is 1.34. The van der Waals surface area contributed by atoms with Crippen LogP contribution >= 0.6 is 11.6 Å². The van der Waals surface area contributed by atoms with Gasteiger partial charge in [-0.15, -0.1) is 0 Å². The van der Waals surface area contributed by atoms with Gasteiger partial charge in [-0.05, 0) is 18.2 Å². The van der Waals surface area contributed by atoms with Gasteiger partial charge in [-0.2, -0.15) is 0 Å². The quantitative estimate of drug-likeness (QED) is 0.808. The Morgan fingerprint density at radius 1 is 1.47 bits per heavy atom. The highest BCUT2D eigenvalue weighted by Crippen LogP contribution is 2.19. The number of hydrogen-bond acceptors (Lipinski definition) is 2. The lowest BCUT2D eigenvalue weighted by atomic mass is 10.0. The molecule has 0 radical (unpaired) electrons. The average molecular weight is 229 g/mol. The van der Waals surface area contributed by atoms with E-state index in [1.54, 1.807) is 0 Å². The number of hydrogen-bond donors (Lipinski definition) is 2. The van der Waals surface area contributed by atoms with E-state index in [-0.39, 0.29) is 16.8 Å². The Bertz CT molecular complexity index is 373. The van der Waals surface area contributed by atoms with Gasteiger partial charge in [0.2, 0.25) is 5.91 Å². The normalized spacial score (nSPS) is 15.9. The van der Waals surface area contributed by atoms with Crippen molar-refractivity contribution >= 4 is 23.2 Å². The van der Waals surface area contributed by atoms with Crippen LogP contribution in [-0.4, -0.2) is 19.0 Å². The lowest BCUT2D eigenvalue weighted by molar-refractivity contribution is -0.121. The van der Waals surface area contributed by atoms with Crippen LogP contribution in [0.25, 0.3) is 0 Å². The van der Waals surface area contributed by atoms with Crippen molar-refractivity contribution in [2.75, 3.05) is 18.4 Å². The predicted octanol–water partition coefficient (Wildman–Crippen LogP) is 1.64. The largest absolute Gasteiger partial charge is 0.326 e. The third-order valence-corrected chi connectivity index (χ3v) is 2.50. The fraction of sp³-hybridized carbons (Fsp3) is 0.300. The molecule has 3 nitrogen and oxygen atoms in total. The molecule has 2 rings (SSSR count). The second kappa shape index (κ2) is 4.16. The van der Waals surface area contributed by atoms with Crippen molar-refractivity contribution in [2.24, 2.45) is 5.92 Å². The summed E-state index contributed by atoms with van der Waals surface area (Å²) in [4.78, 5) is 11.5. The topological polar surface area (TPSA) is 41.1 Å². The van der Waals surface area contributed by atoms with Gasteiger partial charge in [-0.3, -0.25) is 4.79 Å². The summed E-state index contributed by atoms with van der Waals surface area (Å²) in [5.74, 6) is -0.577. The number of carbonyl (C=O) groups excluding carboxylic acids is 1. The summed E-state index contributed by atoms with van der Waals surface area (Å²) in [6.07, 6.45) is 0. The molecule has 1 heterocycles. The first-order valence-electron chi connectivity index (χ1n) is 4.63. The van der Waals surface area contributed by atoms with Crippen molar-refractivity contribution in [1.29, 1.82) is 0 Å². The van der Waals surface area contributed by atoms with Gasteiger partial charge in [0.15, 0.2) is 0 Å². The number of rotatable bonds is 2. The molecule has 80 valence electrons. The van der Waals surface area contributed by atoms with Gasteiger partial charge >= 0.3 is 0 Å². The van der Waals surface area contributed by atoms with Gasteiger partial charge in [0, 0.05) is 23.8 Å². The molecule has 1 fully saturated rings. The second-order valence-corrected chi connectivity index (χ2v) is 3.94. The van der Waals surface area contributed by atoms with Crippen molar-refractivity contribution in [1.82, 2.24) is 5.32 Å². The van der Waals surface area contributed by atoms with Crippen LogP contribution in [0.15, 0.2) is 18.2 Å². The van der Waals surface area contributed by atoms with E-state index in [4.69, 9.17) is 11.6 Å². The van der Waals surface area contributed by atoms with E-state index in [1.807, 2.05) is 0 Å². The molecule has 1 aromatic carbocycles. The maximum Gasteiger partial charge on any atom is 0.230 e. The van der Waals surface area contributed by atoms with Crippen molar-refractivity contribution in [3.05, 3.63) is 29.0 Å². The van der Waals surface area contributed by atoms with Crippen LogP contribution in [0.1, 0.15) is 0 Å². The molecule has 0 aliphatic carbocycles. The molecular formula is C10H10ClFN2O. The van der Waals surface area contributed by atoms with E-state index in [9.17, 15) is 9.18 Å². The van der Waals surface area contributed by atoms with Gasteiger partial charge in [0.1, 0.15) is 5.82 Å². The minimum Gasteiger partial charge on any atom is -0.326 e. The van der Waals surface area contributed by atoms with Crippen LogP contribution in [-0.2, 0) is 4.79 Å². The first-order valence-corrected chi connectivity index (χ1v) is 5.00. The van der Waals surface area contributed by atoms with Gasteiger partial charge in [-0.25, -0.2) is 4.39 Å². The minimum absolute atomic E-state index is 0.0213. The number of anilines is 1. The molecule has 0 unspecified atom stereocenters. The fourth-order valence-corrected chi connectivity index (χ4v) is 1.57. The molecule has 0 aromatic heterocycles. The number of nitrogens with one attached hydrogen (secondary N) is 2. The maximum absolute atomic E-state index is 12.9. The van der Waals surface area contributed by atoms with Crippen LogP contribution < -0.4 is 10.6 Å².